The van der Waals surface area contributed by atoms with Crippen molar-refractivity contribution in [3.8, 4) is 5.75 Å². The van der Waals surface area contributed by atoms with Crippen molar-refractivity contribution < 1.29 is 9.90 Å². The zero-order valence-electron chi connectivity index (χ0n) is 11.2. The molecule has 0 unspecified atom stereocenters. The maximum Gasteiger partial charge on any atom is 0.252 e. The highest BCUT2D eigenvalue weighted by Gasteiger charge is 2.09. The molecule has 2 rings (SSSR count). The second-order valence-corrected chi connectivity index (χ2v) is 5.51. The molecule has 0 saturated carbocycles. The van der Waals surface area contributed by atoms with Crippen LogP contribution >= 0.6 is 15.9 Å². The number of nitrogens with one attached hydrogen (secondary N) is 1. The van der Waals surface area contributed by atoms with Gasteiger partial charge in [-0.15, -0.1) is 0 Å². The van der Waals surface area contributed by atoms with Gasteiger partial charge in [0.1, 0.15) is 5.75 Å². The minimum Gasteiger partial charge on any atom is -0.508 e. The summed E-state index contributed by atoms with van der Waals surface area (Å²) >= 11 is 3.39. The quantitative estimate of drug-likeness (QED) is 0.900. The second-order valence-electron chi connectivity index (χ2n) is 4.66. The lowest BCUT2D eigenvalue weighted by Gasteiger charge is -2.08. The Morgan fingerprint density at radius 3 is 2.60 bits per heavy atom. The van der Waals surface area contributed by atoms with Gasteiger partial charge < -0.3 is 10.4 Å². The van der Waals surface area contributed by atoms with E-state index in [0.717, 1.165) is 22.0 Å². The molecule has 4 heteroatoms. The molecule has 2 aromatic rings. The number of benzene rings is 2. The van der Waals surface area contributed by atoms with Crippen LogP contribution in [0.4, 0.5) is 0 Å². The van der Waals surface area contributed by atoms with Gasteiger partial charge in [-0.3, -0.25) is 4.79 Å². The average molecular weight is 334 g/mol. The van der Waals surface area contributed by atoms with Crippen molar-refractivity contribution in [1.82, 2.24) is 5.32 Å². The van der Waals surface area contributed by atoms with Gasteiger partial charge in [-0.1, -0.05) is 23.8 Å². The molecule has 2 N–H and O–H groups in total. The van der Waals surface area contributed by atoms with Crippen LogP contribution in [-0.2, 0) is 6.42 Å². The first-order chi connectivity index (χ1) is 9.56. The van der Waals surface area contributed by atoms with Gasteiger partial charge >= 0.3 is 0 Å². The standard InChI is InChI=1S/C16H16BrNO2/c1-11-2-7-15(17)14(10-11)16(20)18-9-8-12-3-5-13(19)6-4-12/h2-7,10,19H,8-9H2,1H3,(H,18,20). The summed E-state index contributed by atoms with van der Waals surface area (Å²) in [5, 5.41) is 12.1. The van der Waals surface area contributed by atoms with Gasteiger partial charge in [0.2, 0.25) is 0 Å². The number of carbonyl (C=O) groups is 1. The summed E-state index contributed by atoms with van der Waals surface area (Å²) in [6.45, 7) is 2.52. The second kappa shape index (κ2) is 6.57. The summed E-state index contributed by atoms with van der Waals surface area (Å²) in [5.41, 5.74) is 2.78. The Balaban J connectivity index is 1.92. The van der Waals surface area contributed by atoms with Crippen molar-refractivity contribution in [2.75, 3.05) is 6.54 Å². The molecule has 20 heavy (non-hydrogen) atoms. The maximum absolute atomic E-state index is 12.1. The SMILES string of the molecule is Cc1ccc(Br)c(C(=O)NCCc2ccc(O)cc2)c1. The lowest BCUT2D eigenvalue weighted by molar-refractivity contribution is 0.0953. The number of rotatable bonds is 4. The fourth-order valence-electron chi connectivity index (χ4n) is 1.89. The van der Waals surface area contributed by atoms with Crippen LogP contribution < -0.4 is 5.32 Å². The van der Waals surface area contributed by atoms with Gasteiger partial charge in [0, 0.05) is 11.0 Å². The van der Waals surface area contributed by atoms with E-state index in [2.05, 4.69) is 21.2 Å². The molecule has 0 aromatic heterocycles. The first-order valence-corrected chi connectivity index (χ1v) is 7.18. The van der Waals surface area contributed by atoms with Gasteiger partial charge in [-0.05, 0) is 59.1 Å². The van der Waals surface area contributed by atoms with Crippen LogP contribution in [0.25, 0.3) is 0 Å². The van der Waals surface area contributed by atoms with Gasteiger partial charge in [-0.25, -0.2) is 0 Å². The fraction of sp³-hybridized carbons (Fsp3) is 0.188. The van der Waals surface area contributed by atoms with E-state index in [-0.39, 0.29) is 11.7 Å². The van der Waals surface area contributed by atoms with E-state index in [1.807, 2.05) is 37.3 Å². The summed E-state index contributed by atoms with van der Waals surface area (Å²) in [7, 11) is 0. The third-order valence-corrected chi connectivity index (χ3v) is 3.69. The van der Waals surface area contributed by atoms with E-state index < -0.39 is 0 Å². The van der Waals surface area contributed by atoms with E-state index in [0.29, 0.717) is 12.1 Å². The van der Waals surface area contributed by atoms with E-state index in [1.165, 1.54) is 0 Å². The molecule has 104 valence electrons. The molecule has 0 heterocycles. The van der Waals surface area contributed by atoms with Crippen molar-refractivity contribution in [3.05, 3.63) is 63.6 Å². The molecule has 0 radical (unpaired) electrons. The third-order valence-electron chi connectivity index (χ3n) is 3.00. The Morgan fingerprint density at radius 1 is 1.20 bits per heavy atom. The maximum atomic E-state index is 12.1. The first kappa shape index (κ1) is 14.6. The number of phenols is 1. The number of carbonyl (C=O) groups excluding carboxylic acids is 1. The summed E-state index contributed by atoms with van der Waals surface area (Å²) < 4.78 is 0.797. The monoisotopic (exact) mass is 333 g/mol. The van der Waals surface area contributed by atoms with E-state index >= 15 is 0 Å². The number of hydrogen-bond acceptors (Lipinski definition) is 2. The summed E-state index contributed by atoms with van der Waals surface area (Å²) in [4.78, 5) is 12.1. The predicted molar refractivity (Wildman–Crippen MR) is 83.0 cm³/mol. The lowest BCUT2D eigenvalue weighted by Crippen LogP contribution is -2.26. The largest absolute Gasteiger partial charge is 0.508 e. The highest BCUT2D eigenvalue weighted by molar-refractivity contribution is 9.10. The number of aryl methyl sites for hydroxylation is 1. The van der Waals surface area contributed by atoms with Gasteiger partial charge in [0.25, 0.3) is 5.91 Å². The number of aromatic hydroxyl groups is 1. The van der Waals surface area contributed by atoms with Crippen molar-refractivity contribution in [2.45, 2.75) is 13.3 Å². The number of hydrogen-bond donors (Lipinski definition) is 2. The Kier molecular flexibility index (Phi) is 4.79. The highest BCUT2D eigenvalue weighted by atomic mass is 79.9. The predicted octanol–water partition coefficient (Wildman–Crippen LogP) is 3.44. The molecular formula is C16H16BrNO2. The van der Waals surface area contributed by atoms with Crippen LogP contribution in [0.15, 0.2) is 46.9 Å². The van der Waals surface area contributed by atoms with E-state index in [4.69, 9.17) is 0 Å². The molecular weight excluding hydrogens is 318 g/mol. The van der Waals surface area contributed by atoms with Gasteiger partial charge in [0.05, 0.1) is 5.56 Å². The molecule has 0 spiro atoms. The minimum atomic E-state index is -0.0839. The molecule has 0 fully saturated rings. The van der Waals surface area contributed by atoms with Gasteiger partial charge in [-0.2, -0.15) is 0 Å². The van der Waals surface area contributed by atoms with Gasteiger partial charge in [0.15, 0.2) is 0 Å². The Hall–Kier alpha value is -1.81. The molecule has 0 aliphatic rings. The minimum absolute atomic E-state index is 0.0839. The lowest BCUT2D eigenvalue weighted by atomic mass is 10.1. The molecule has 3 nitrogen and oxygen atoms in total. The van der Waals surface area contributed by atoms with E-state index in [1.54, 1.807) is 12.1 Å². The van der Waals surface area contributed by atoms with Crippen LogP contribution in [0, 0.1) is 6.92 Å². The molecule has 0 saturated heterocycles. The first-order valence-electron chi connectivity index (χ1n) is 6.38. The van der Waals surface area contributed by atoms with Crippen molar-refractivity contribution >= 4 is 21.8 Å². The zero-order chi connectivity index (χ0) is 14.5. The normalized spacial score (nSPS) is 10.3. The number of halogens is 1. The summed E-state index contributed by atoms with van der Waals surface area (Å²) in [6, 6.07) is 12.7. The van der Waals surface area contributed by atoms with E-state index in [9.17, 15) is 9.90 Å². The third kappa shape index (κ3) is 3.84. The number of phenolic OH excluding ortho intramolecular Hbond substituents is 1. The highest BCUT2D eigenvalue weighted by Crippen LogP contribution is 2.18. The average Bonchev–Trinajstić information content (AvgIpc) is 2.43. The van der Waals surface area contributed by atoms with Crippen LogP contribution in [0.5, 0.6) is 5.75 Å². The zero-order valence-corrected chi connectivity index (χ0v) is 12.8. The summed E-state index contributed by atoms with van der Waals surface area (Å²) in [6.07, 6.45) is 0.732. The Labute approximate surface area is 126 Å². The number of amides is 1. The Morgan fingerprint density at radius 2 is 1.90 bits per heavy atom. The Bertz CT molecular complexity index is 608. The smallest absolute Gasteiger partial charge is 0.252 e. The topological polar surface area (TPSA) is 49.3 Å². The van der Waals surface area contributed by atoms with Crippen molar-refractivity contribution in [3.63, 3.8) is 0 Å². The molecule has 2 aromatic carbocycles. The molecule has 1 amide bonds. The molecule has 0 bridgehead atoms. The molecule has 0 aliphatic carbocycles. The molecule has 0 atom stereocenters. The van der Waals surface area contributed by atoms with Crippen LogP contribution in [0.1, 0.15) is 21.5 Å². The van der Waals surface area contributed by atoms with Crippen LogP contribution in [0.3, 0.4) is 0 Å². The summed E-state index contributed by atoms with van der Waals surface area (Å²) in [5.74, 6) is 0.167. The fourth-order valence-corrected chi connectivity index (χ4v) is 2.32. The van der Waals surface area contributed by atoms with Crippen molar-refractivity contribution in [2.24, 2.45) is 0 Å². The van der Waals surface area contributed by atoms with Crippen LogP contribution in [-0.4, -0.2) is 17.6 Å². The molecule has 0 aliphatic heterocycles. The van der Waals surface area contributed by atoms with Crippen molar-refractivity contribution in [1.29, 1.82) is 0 Å². The van der Waals surface area contributed by atoms with Crippen LogP contribution in [0.2, 0.25) is 0 Å².